The predicted octanol–water partition coefficient (Wildman–Crippen LogP) is 2.33. The first-order chi connectivity index (χ1) is 17.9. The summed E-state index contributed by atoms with van der Waals surface area (Å²) < 4.78 is 26.0. The molecule has 2 aromatic carbocycles. The van der Waals surface area contributed by atoms with E-state index in [1.807, 2.05) is 32.2 Å². The molecular formula is C24H26N8O5S. The first-order valence-corrected chi connectivity index (χ1v) is 12.8. The lowest BCUT2D eigenvalue weighted by molar-refractivity contribution is -0.135. The normalized spacial score (nSPS) is 11.4. The Morgan fingerprint density at radius 1 is 1.11 bits per heavy atom. The number of carbonyl (C=O) groups excluding carboxylic acids is 1. The Balaban J connectivity index is 1.78. The van der Waals surface area contributed by atoms with E-state index in [1.54, 1.807) is 29.6 Å². The van der Waals surface area contributed by atoms with Crippen molar-refractivity contribution >= 4 is 56.1 Å². The Kier molecular flexibility index (Phi) is 7.02. The zero-order chi connectivity index (χ0) is 27.8. The van der Waals surface area contributed by atoms with Crippen LogP contribution >= 0.6 is 0 Å². The Labute approximate surface area is 218 Å². The quantitative estimate of drug-likeness (QED) is 0.319. The Morgan fingerprint density at radius 2 is 1.82 bits per heavy atom. The molecule has 0 spiro atoms. The summed E-state index contributed by atoms with van der Waals surface area (Å²) in [6.07, 6.45) is 1.43. The number of nitrogens with zero attached hydrogens (tertiary/aromatic N) is 6. The molecule has 0 atom stereocenters. The highest BCUT2D eigenvalue weighted by Crippen LogP contribution is 2.30. The minimum atomic E-state index is -4.11. The minimum Gasteiger partial charge on any atom is -0.480 e. The number of aromatic nitrogens is 4. The number of urea groups is 1. The fraction of sp³-hybridized carbons (Fsp3) is 0.208. The molecular weight excluding hydrogens is 512 g/mol. The van der Waals surface area contributed by atoms with E-state index >= 15 is 0 Å². The first-order valence-electron chi connectivity index (χ1n) is 11.3. The number of carboxylic acid groups (broad SMARTS) is 1. The number of fused-ring (bicyclic) bond motifs is 1. The molecule has 38 heavy (non-hydrogen) atoms. The van der Waals surface area contributed by atoms with Gasteiger partial charge in [-0.15, -0.1) is 0 Å². The van der Waals surface area contributed by atoms with Crippen LogP contribution in [-0.4, -0.2) is 58.9 Å². The number of amides is 2. The van der Waals surface area contributed by atoms with Crippen LogP contribution in [0, 0.1) is 13.8 Å². The van der Waals surface area contributed by atoms with Gasteiger partial charge in [0.05, 0.1) is 16.1 Å². The van der Waals surface area contributed by atoms with Crippen LogP contribution in [0.25, 0.3) is 10.9 Å². The molecule has 0 saturated heterocycles. The summed E-state index contributed by atoms with van der Waals surface area (Å²) in [6.45, 7) is 2.86. The maximum absolute atomic E-state index is 13.1. The molecule has 0 aliphatic heterocycles. The summed E-state index contributed by atoms with van der Waals surface area (Å²) in [6, 6.07) is 10.7. The van der Waals surface area contributed by atoms with Crippen molar-refractivity contribution in [3.8, 4) is 0 Å². The summed E-state index contributed by atoms with van der Waals surface area (Å²) in [7, 11) is -0.462. The Hall–Kier alpha value is -4.56. The molecule has 0 saturated carbocycles. The Bertz CT molecular complexity index is 1670. The number of sulfonamides is 1. The minimum absolute atomic E-state index is 0.0766. The number of aryl methyl sites for hydroxylation is 3. The highest BCUT2D eigenvalue weighted by atomic mass is 32.2. The molecule has 2 aromatic heterocycles. The second-order valence-corrected chi connectivity index (χ2v) is 10.1. The summed E-state index contributed by atoms with van der Waals surface area (Å²) in [5.74, 6) is -0.963. The van der Waals surface area contributed by atoms with Gasteiger partial charge in [0, 0.05) is 37.1 Å². The van der Waals surface area contributed by atoms with Crippen molar-refractivity contribution < 1.29 is 23.1 Å². The first kappa shape index (κ1) is 26.5. The molecule has 0 fully saturated rings. The number of benzene rings is 2. The highest BCUT2D eigenvalue weighted by Gasteiger charge is 2.25. The van der Waals surface area contributed by atoms with Crippen molar-refractivity contribution in [2.24, 2.45) is 12.2 Å². The smallest absolute Gasteiger partial charge is 0.329 e. The molecule has 0 aliphatic carbocycles. The second-order valence-electron chi connectivity index (χ2n) is 8.57. The van der Waals surface area contributed by atoms with E-state index in [9.17, 15) is 18.0 Å². The average Bonchev–Trinajstić information content (AvgIpc) is 3.15. The van der Waals surface area contributed by atoms with Crippen molar-refractivity contribution in [2.75, 3.05) is 23.4 Å². The van der Waals surface area contributed by atoms with Crippen LogP contribution in [0.3, 0.4) is 0 Å². The SMILES string of the molecule is Cc1ccc(N(C(=O)NCC(=O)O)c2nccc(N(C)c3ccc4c(C)n(C)nc4c3)n2)cc1S(N)(=O)=O. The summed E-state index contributed by atoms with van der Waals surface area (Å²) >= 11 is 0. The van der Waals surface area contributed by atoms with Crippen LogP contribution in [0.2, 0.25) is 0 Å². The second kappa shape index (κ2) is 10.1. The number of anilines is 4. The largest absolute Gasteiger partial charge is 0.480 e. The van der Waals surface area contributed by atoms with Gasteiger partial charge in [0.25, 0.3) is 0 Å². The number of carbonyl (C=O) groups is 2. The number of aliphatic carboxylic acids is 1. The van der Waals surface area contributed by atoms with Gasteiger partial charge in [-0.05, 0) is 55.8 Å². The molecule has 2 amide bonds. The predicted molar refractivity (Wildman–Crippen MR) is 141 cm³/mol. The van der Waals surface area contributed by atoms with Gasteiger partial charge in [-0.2, -0.15) is 10.1 Å². The zero-order valence-electron chi connectivity index (χ0n) is 21.1. The maximum Gasteiger partial charge on any atom is 0.329 e. The molecule has 2 heterocycles. The van der Waals surface area contributed by atoms with Crippen LogP contribution < -0.4 is 20.3 Å². The van der Waals surface area contributed by atoms with Gasteiger partial charge in [0.2, 0.25) is 16.0 Å². The van der Waals surface area contributed by atoms with Crippen molar-refractivity contribution in [1.29, 1.82) is 0 Å². The summed E-state index contributed by atoms with van der Waals surface area (Å²) in [4.78, 5) is 35.4. The van der Waals surface area contributed by atoms with E-state index in [-0.39, 0.29) is 16.5 Å². The topological polar surface area (TPSA) is 177 Å². The third kappa shape index (κ3) is 5.26. The van der Waals surface area contributed by atoms with E-state index < -0.39 is 28.6 Å². The van der Waals surface area contributed by atoms with Gasteiger partial charge in [-0.25, -0.2) is 28.2 Å². The molecule has 4 N–H and O–H groups in total. The number of hydrogen-bond acceptors (Lipinski definition) is 8. The van der Waals surface area contributed by atoms with E-state index in [1.165, 1.54) is 24.4 Å². The highest BCUT2D eigenvalue weighted by molar-refractivity contribution is 7.89. The lowest BCUT2D eigenvalue weighted by atomic mass is 10.2. The number of nitrogens with two attached hydrogens (primary N) is 1. The van der Waals surface area contributed by atoms with Crippen molar-refractivity contribution in [2.45, 2.75) is 18.7 Å². The van der Waals surface area contributed by atoms with Gasteiger partial charge < -0.3 is 15.3 Å². The molecule has 0 radical (unpaired) electrons. The average molecular weight is 539 g/mol. The van der Waals surface area contributed by atoms with E-state index in [2.05, 4.69) is 20.4 Å². The van der Waals surface area contributed by atoms with Crippen molar-refractivity contribution in [3.05, 3.63) is 59.9 Å². The molecule has 13 nitrogen and oxygen atoms in total. The molecule has 14 heteroatoms. The van der Waals surface area contributed by atoms with Crippen molar-refractivity contribution in [1.82, 2.24) is 25.1 Å². The number of carboxylic acids is 1. The number of nitrogens with one attached hydrogen (secondary N) is 1. The van der Waals surface area contributed by atoms with Crippen LogP contribution in [0.5, 0.6) is 0 Å². The lowest BCUT2D eigenvalue weighted by Gasteiger charge is -2.24. The standard InChI is InChI=1S/C24H26N8O5S/c1-14-5-6-17(12-20(14)38(25,36)37)32(24(35)27-13-22(33)34)23-26-10-9-21(28-23)30(3)16-7-8-18-15(2)31(4)29-19(18)11-16/h5-12H,13H2,1-4H3,(H,27,35)(H,33,34)(H2,25,36,37). The van der Waals surface area contributed by atoms with Gasteiger partial charge in [0.1, 0.15) is 12.4 Å². The monoisotopic (exact) mass is 538 g/mol. The van der Waals surface area contributed by atoms with Gasteiger partial charge >= 0.3 is 12.0 Å². The fourth-order valence-electron chi connectivity index (χ4n) is 3.88. The number of hydrogen-bond donors (Lipinski definition) is 3. The number of primary sulfonamides is 1. The van der Waals surface area contributed by atoms with Crippen LogP contribution in [0.4, 0.5) is 27.9 Å². The van der Waals surface area contributed by atoms with Crippen molar-refractivity contribution in [3.63, 3.8) is 0 Å². The zero-order valence-corrected chi connectivity index (χ0v) is 21.9. The maximum atomic E-state index is 13.1. The molecule has 0 aliphatic rings. The molecule has 4 rings (SSSR count). The molecule has 0 unspecified atom stereocenters. The lowest BCUT2D eigenvalue weighted by Crippen LogP contribution is -2.40. The Morgan fingerprint density at radius 3 is 2.50 bits per heavy atom. The van der Waals surface area contributed by atoms with Gasteiger partial charge in [0.15, 0.2) is 0 Å². The van der Waals surface area contributed by atoms with Gasteiger partial charge in [-0.3, -0.25) is 9.48 Å². The summed E-state index contributed by atoms with van der Waals surface area (Å²) in [5, 5.41) is 22.2. The fourth-order valence-corrected chi connectivity index (χ4v) is 4.68. The van der Waals surface area contributed by atoms with E-state index in [0.717, 1.165) is 27.2 Å². The van der Waals surface area contributed by atoms with Crippen LogP contribution in [0.15, 0.2) is 53.6 Å². The molecule has 0 bridgehead atoms. The third-order valence-electron chi connectivity index (χ3n) is 6.00. The van der Waals surface area contributed by atoms with E-state index in [4.69, 9.17) is 10.2 Å². The molecule has 198 valence electrons. The van der Waals surface area contributed by atoms with Crippen LogP contribution in [-0.2, 0) is 21.9 Å². The van der Waals surface area contributed by atoms with Gasteiger partial charge in [-0.1, -0.05) is 6.07 Å². The van der Waals surface area contributed by atoms with Crippen LogP contribution in [0.1, 0.15) is 11.3 Å². The van der Waals surface area contributed by atoms with E-state index in [0.29, 0.717) is 11.4 Å². The summed E-state index contributed by atoms with van der Waals surface area (Å²) in [5.41, 5.74) is 3.05. The molecule has 4 aromatic rings. The number of rotatable bonds is 7. The third-order valence-corrected chi connectivity index (χ3v) is 7.06.